The van der Waals surface area contributed by atoms with E-state index in [1.165, 1.54) is 4.88 Å². The number of nitrogens with one attached hydrogen (secondary N) is 1. The van der Waals surface area contributed by atoms with Crippen molar-refractivity contribution in [2.75, 3.05) is 6.54 Å². The zero-order valence-corrected chi connectivity index (χ0v) is 14.2. The Morgan fingerprint density at radius 1 is 1.35 bits per heavy atom. The molecule has 0 spiro atoms. The number of halogens is 1. The van der Waals surface area contributed by atoms with Crippen molar-refractivity contribution in [3.05, 3.63) is 44.3 Å². The molecular weight excluding hydrogens is 336 g/mol. The van der Waals surface area contributed by atoms with Crippen LogP contribution in [0.5, 0.6) is 5.75 Å². The Hall–Kier alpha value is -0.910. The van der Waals surface area contributed by atoms with Crippen molar-refractivity contribution in [1.29, 1.82) is 0 Å². The molecule has 0 saturated heterocycles. The Kier molecular flexibility index (Phi) is 6.01. The molecule has 0 saturated carbocycles. The molecule has 2 rings (SSSR count). The highest BCUT2D eigenvalue weighted by Crippen LogP contribution is 2.25. The highest BCUT2D eigenvalue weighted by atomic mass is 79.9. The summed E-state index contributed by atoms with van der Waals surface area (Å²) in [5.74, 6) is 0.861. The minimum absolute atomic E-state index is 0.573. The lowest BCUT2D eigenvalue weighted by molar-refractivity contribution is 0.303. The fourth-order valence-electron chi connectivity index (χ4n) is 1.81. The smallest absolute Gasteiger partial charge is 0.142 e. The number of nitrogens with zero attached hydrogens (tertiary/aromatic N) is 1. The van der Waals surface area contributed by atoms with E-state index in [0.29, 0.717) is 6.61 Å². The summed E-state index contributed by atoms with van der Waals surface area (Å²) in [7, 11) is 0. The van der Waals surface area contributed by atoms with Gasteiger partial charge in [-0.25, -0.2) is 0 Å². The van der Waals surface area contributed by atoms with Gasteiger partial charge in [-0.1, -0.05) is 6.92 Å². The van der Waals surface area contributed by atoms with Crippen molar-refractivity contribution in [2.24, 2.45) is 0 Å². The molecule has 20 heavy (non-hydrogen) atoms. The van der Waals surface area contributed by atoms with Gasteiger partial charge in [0.05, 0.1) is 10.6 Å². The lowest BCUT2D eigenvalue weighted by atomic mass is 10.2. The topological polar surface area (TPSA) is 34.2 Å². The molecule has 2 aromatic heterocycles. The molecule has 0 aliphatic carbocycles. The maximum Gasteiger partial charge on any atom is 0.142 e. The molecule has 0 unspecified atom stereocenters. The lowest BCUT2D eigenvalue weighted by Crippen LogP contribution is -2.16. The number of rotatable bonds is 7. The second-order valence-electron chi connectivity index (χ2n) is 4.55. The number of pyridine rings is 1. The van der Waals surface area contributed by atoms with Crippen molar-refractivity contribution in [3.8, 4) is 5.75 Å². The number of hydrogen-bond donors (Lipinski definition) is 1. The number of hydrogen-bond acceptors (Lipinski definition) is 4. The fraction of sp³-hybridized carbons (Fsp3) is 0.400. The van der Waals surface area contributed by atoms with Crippen LogP contribution >= 0.6 is 27.3 Å². The van der Waals surface area contributed by atoms with E-state index in [0.717, 1.165) is 41.1 Å². The zero-order chi connectivity index (χ0) is 14.4. The summed E-state index contributed by atoms with van der Waals surface area (Å²) < 4.78 is 7.03. The van der Waals surface area contributed by atoms with Gasteiger partial charge in [-0.3, -0.25) is 4.98 Å². The lowest BCUT2D eigenvalue weighted by Gasteiger charge is -2.12. The van der Waals surface area contributed by atoms with Crippen LogP contribution in [0, 0.1) is 6.92 Å². The van der Waals surface area contributed by atoms with E-state index in [-0.39, 0.29) is 0 Å². The summed E-state index contributed by atoms with van der Waals surface area (Å²) in [6.07, 6.45) is 1.12. The summed E-state index contributed by atoms with van der Waals surface area (Å²) in [6, 6.07) is 6.04. The average Bonchev–Trinajstić information content (AvgIpc) is 2.84. The summed E-state index contributed by atoms with van der Waals surface area (Å²) in [6.45, 7) is 6.47. The van der Waals surface area contributed by atoms with Crippen molar-refractivity contribution >= 4 is 27.3 Å². The van der Waals surface area contributed by atoms with E-state index >= 15 is 0 Å². The molecule has 3 nitrogen and oxygen atoms in total. The molecule has 1 N–H and O–H groups in total. The SMILES string of the molecule is CCCNCc1nc(C)ccc1OCc1sccc1Br. The van der Waals surface area contributed by atoms with Crippen LogP contribution in [0.2, 0.25) is 0 Å². The standard InChI is InChI=1S/C15H19BrN2OS/c1-3-7-17-9-13-14(5-4-11(2)18-13)19-10-15-12(16)6-8-20-15/h4-6,8,17H,3,7,9-10H2,1-2H3. The molecule has 0 aliphatic heterocycles. The van der Waals surface area contributed by atoms with Crippen LogP contribution in [0.3, 0.4) is 0 Å². The fourth-order valence-corrected chi connectivity index (χ4v) is 3.19. The quantitative estimate of drug-likeness (QED) is 0.753. The van der Waals surface area contributed by atoms with Gasteiger partial charge in [0, 0.05) is 16.7 Å². The van der Waals surface area contributed by atoms with Gasteiger partial charge in [0.2, 0.25) is 0 Å². The Morgan fingerprint density at radius 3 is 2.90 bits per heavy atom. The van der Waals surface area contributed by atoms with Crippen molar-refractivity contribution in [3.63, 3.8) is 0 Å². The molecule has 0 aliphatic rings. The zero-order valence-electron chi connectivity index (χ0n) is 11.8. The van der Waals surface area contributed by atoms with Gasteiger partial charge in [0.15, 0.2) is 0 Å². The first-order valence-corrected chi connectivity index (χ1v) is 8.40. The third-order valence-electron chi connectivity index (χ3n) is 2.84. The van der Waals surface area contributed by atoms with E-state index in [9.17, 15) is 0 Å². The van der Waals surface area contributed by atoms with E-state index < -0.39 is 0 Å². The van der Waals surface area contributed by atoms with Gasteiger partial charge in [0.1, 0.15) is 12.4 Å². The van der Waals surface area contributed by atoms with E-state index in [1.807, 2.05) is 25.1 Å². The van der Waals surface area contributed by atoms with Crippen molar-refractivity contribution < 1.29 is 4.74 Å². The summed E-state index contributed by atoms with van der Waals surface area (Å²) in [4.78, 5) is 5.76. The summed E-state index contributed by atoms with van der Waals surface area (Å²) >= 11 is 5.22. The van der Waals surface area contributed by atoms with E-state index in [2.05, 4.69) is 38.5 Å². The van der Waals surface area contributed by atoms with E-state index in [4.69, 9.17) is 4.74 Å². The summed E-state index contributed by atoms with van der Waals surface area (Å²) in [5.41, 5.74) is 1.99. The number of ether oxygens (including phenoxy) is 1. The molecule has 0 radical (unpaired) electrons. The van der Waals surface area contributed by atoms with Gasteiger partial charge in [-0.2, -0.15) is 0 Å². The maximum atomic E-state index is 5.93. The molecule has 0 bridgehead atoms. The molecule has 5 heteroatoms. The van der Waals surface area contributed by atoms with Gasteiger partial charge in [0.25, 0.3) is 0 Å². The third-order valence-corrected chi connectivity index (χ3v) is 4.74. The normalized spacial score (nSPS) is 10.8. The van der Waals surface area contributed by atoms with Gasteiger partial charge in [-0.05, 0) is 59.4 Å². The third kappa shape index (κ3) is 4.30. The monoisotopic (exact) mass is 354 g/mol. The van der Waals surface area contributed by atoms with Crippen molar-refractivity contribution in [2.45, 2.75) is 33.4 Å². The van der Waals surface area contributed by atoms with E-state index in [1.54, 1.807) is 11.3 Å². The predicted octanol–water partition coefficient (Wildman–Crippen LogP) is 4.29. The molecule has 2 heterocycles. The second-order valence-corrected chi connectivity index (χ2v) is 6.41. The maximum absolute atomic E-state index is 5.93. The Balaban J connectivity index is 2.04. The summed E-state index contributed by atoms with van der Waals surface area (Å²) in [5, 5.41) is 5.43. The first-order valence-electron chi connectivity index (χ1n) is 6.72. The number of aryl methyl sites for hydroxylation is 1. The van der Waals surface area contributed by atoms with Crippen molar-refractivity contribution in [1.82, 2.24) is 10.3 Å². The van der Waals surface area contributed by atoms with Crippen LogP contribution in [-0.2, 0) is 13.2 Å². The van der Waals surface area contributed by atoms with Crippen LogP contribution in [0.4, 0.5) is 0 Å². The molecular formula is C15H19BrN2OS. The average molecular weight is 355 g/mol. The molecule has 0 fully saturated rings. The minimum Gasteiger partial charge on any atom is -0.486 e. The highest BCUT2D eigenvalue weighted by Gasteiger charge is 2.08. The molecule has 108 valence electrons. The number of aromatic nitrogens is 1. The molecule has 0 aromatic carbocycles. The molecule has 0 amide bonds. The Morgan fingerprint density at radius 2 is 2.20 bits per heavy atom. The predicted molar refractivity (Wildman–Crippen MR) is 87.3 cm³/mol. The largest absolute Gasteiger partial charge is 0.486 e. The van der Waals surface area contributed by atoms with Gasteiger partial charge in [-0.15, -0.1) is 11.3 Å². The van der Waals surface area contributed by atoms with Crippen LogP contribution in [0.1, 0.15) is 29.6 Å². The van der Waals surface area contributed by atoms with Crippen LogP contribution < -0.4 is 10.1 Å². The highest BCUT2D eigenvalue weighted by molar-refractivity contribution is 9.10. The molecule has 2 aromatic rings. The van der Waals surface area contributed by atoms with Gasteiger partial charge >= 0.3 is 0 Å². The molecule has 0 atom stereocenters. The van der Waals surface area contributed by atoms with Crippen LogP contribution in [0.15, 0.2) is 28.1 Å². The van der Waals surface area contributed by atoms with Crippen LogP contribution in [0.25, 0.3) is 0 Å². The Labute approximate surface area is 132 Å². The Bertz CT molecular complexity index is 557. The first-order chi connectivity index (χ1) is 9.70. The van der Waals surface area contributed by atoms with Crippen LogP contribution in [-0.4, -0.2) is 11.5 Å². The number of thiophene rings is 1. The minimum atomic E-state index is 0.573. The first kappa shape index (κ1) is 15.5. The second kappa shape index (κ2) is 7.76. The van der Waals surface area contributed by atoms with Gasteiger partial charge < -0.3 is 10.1 Å².